The molecule has 3 amide bonds. The molecule has 0 spiro atoms. The largest absolute Gasteiger partial charge is 0.466 e. The Morgan fingerprint density at radius 2 is 1.95 bits per heavy atom. The molecule has 0 aromatic heterocycles. The van der Waals surface area contributed by atoms with Crippen LogP contribution in [0, 0.1) is 0 Å². The van der Waals surface area contributed by atoms with Crippen molar-refractivity contribution >= 4 is 17.9 Å². The van der Waals surface area contributed by atoms with E-state index in [-0.39, 0.29) is 6.10 Å². The second-order valence-corrected chi connectivity index (χ2v) is 4.91. The third-order valence-corrected chi connectivity index (χ3v) is 3.54. The van der Waals surface area contributed by atoms with Gasteiger partial charge < -0.3 is 14.8 Å². The Balaban J connectivity index is 2.18. The summed E-state index contributed by atoms with van der Waals surface area (Å²) in [5.41, 5.74) is -3.07. The Kier molecular flexibility index (Phi) is 4.22. The number of esters is 1. The van der Waals surface area contributed by atoms with Gasteiger partial charge in [-0.3, -0.25) is 10.1 Å². The third-order valence-electron chi connectivity index (χ3n) is 3.54. The molecule has 2 fully saturated rings. The lowest BCUT2D eigenvalue weighted by atomic mass is 9.96. The summed E-state index contributed by atoms with van der Waals surface area (Å²) in [5, 5.41) is 3.84. The maximum Gasteiger partial charge on any atom is 0.358 e. The average molecular weight is 288 g/mol. The van der Waals surface area contributed by atoms with Gasteiger partial charge in [0.2, 0.25) is 0 Å². The molecule has 8 heteroatoms. The van der Waals surface area contributed by atoms with Crippen molar-refractivity contribution in [3.05, 3.63) is 0 Å². The molecule has 2 atom stereocenters. The molecule has 1 aliphatic heterocycles. The minimum absolute atomic E-state index is 0.292. The standard InChI is InChI=1S/C12H17FN2O5/c1-19-10(17)12(13)8(16)14-11(18)15-9(12)20-7-5-3-2-4-6-7/h7,9H,2-6H2,1H3,(H2,14,15,16,18). The first-order chi connectivity index (χ1) is 9.48. The van der Waals surface area contributed by atoms with E-state index in [0.717, 1.165) is 26.4 Å². The fourth-order valence-electron chi connectivity index (χ4n) is 2.44. The number of carbonyl (C=O) groups excluding carboxylic acids is 3. The third kappa shape index (κ3) is 2.60. The molecular formula is C12H17FN2O5. The molecule has 0 aromatic carbocycles. The van der Waals surface area contributed by atoms with E-state index < -0.39 is 29.8 Å². The van der Waals surface area contributed by atoms with Crippen LogP contribution in [0.4, 0.5) is 9.18 Å². The normalized spacial score (nSPS) is 31.4. The van der Waals surface area contributed by atoms with Gasteiger partial charge >= 0.3 is 17.7 Å². The average Bonchev–Trinajstić information content (AvgIpc) is 2.44. The number of methoxy groups -OCH3 is 1. The summed E-state index contributed by atoms with van der Waals surface area (Å²) < 4.78 is 24.5. The fraction of sp³-hybridized carbons (Fsp3) is 0.750. The maximum atomic E-state index is 14.7. The quantitative estimate of drug-likeness (QED) is 0.578. The van der Waals surface area contributed by atoms with Gasteiger partial charge in [0.05, 0.1) is 13.2 Å². The molecule has 0 bridgehead atoms. The van der Waals surface area contributed by atoms with Crippen molar-refractivity contribution < 1.29 is 28.2 Å². The Labute approximate surface area is 115 Å². The van der Waals surface area contributed by atoms with E-state index in [0.29, 0.717) is 12.8 Å². The number of nitrogens with one attached hydrogen (secondary N) is 2. The molecule has 2 aliphatic rings. The lowest BCUT2D eigenvalue weighted by molar-refractivity contribution is -0.183. The fourth-order valence-corrected chi connectivity index (χ4v) is 2.44. The van der Waals surface area contributed by atoms with Gasteiger partial charge in [0, 0.05) is 0 Å². The highest BCUT2D eigenvalue weighted by molar-refractivity contribution is 6.13. The summed E-state index contributed by atoms with van der Waals surface area (Å²) >= 11 is 0. The smallest absolute Gasteiger partial charge is 0.358 e. The summed E-state index contributed by atoms with van der Waals surface area (Å²) in [6, 6.07) is -0.895. The summed E-state index contributed by atoms with van der Waals surface area (Å²) in [6.45, 7) is 0. The van der Waals surface area contributed by atoms with Gasteiger partial charge in [-0.25, -0.2) is 14.0 Å². The van der Waals surface area contributed by atoms with E-state index in [1.165, 1.54) is 0 Å². The first-order valence-corrected chi connectivity index (χ1v) is 6.53. The van der Waals surface area contributed by atoms with Crippen LogP contribution in [0.25, 0.3) is 0 Å². The molecular weight excluding hydrogens is 271 g/mol. The van der Waals surface area contributed by atoms with Gasteiger partial charge in [-0.15, -0.1) is 0 Å². The van der Waals surface area contributed by atoms with E-state index in [1.807, 2.05) is 0 Å². The highest BCUT2D eigenvalue weighted by Gasteiger charge is 2.60. The Morgan fingerprint density at radius 3 is 2.55 bits per heavy atom. The molecule has 0 radical (unpaired) electrons. The zero-order valence-corrected chi connectivity index (χ0v) is 11.1. The highest BCUT2D eigenvalue weighted by Crippen LogP contribution is 2.28. The summed E-state index contributed by atoms with van der Waals surface area (Å²) in [5.74, 6) is -2.76. The number of amides is 3. The molecule has 2 unspecified atom stereocenters. The van der Waals surface area contributed by atoms with E-state index in [4.69, 9.17) is 4.74 Å². The van der Waals surface area contributed by atoms with Crippen LogP contribution in [0.1, 0.15) is 32.1 Å². The lowest BCUT2D eigenvalue weighted by Gasteiger charge is -2.37. The van der Waals surface area contributed by atoms with Crippen LogP contribution in [0.3, 0.4) is 0 Å². The van der Waals surface area contributed by atoms with Crippen LogP contribution in [-0.4, -0.2) is 43.0 Å². The zero-order chi connectivity index (χ0) is 14.8. The molecule has 1 aliphatic carbocycles. The van der Waals surface area contributed by atoms with Crippen LogP contribution < -0.4 is 10.6 Å². The minimum atomic E-state index is -3.07. The molecule has 1 saturated heterocycles. The topological polar surface area (TPSA) is 93.7 Å². The first-order valence-electron chi connectivity index (χ1n) is 6.53. The first kappa shape index (κ1) is 14.7. The number of hydrogen-bond acceptors (Lipinski definition) is 5. The summed E-state index contributed by atoms with van der Waals surface area (Å²) in [4.78, 5) is 34.5. The van der Waals surface area contributed by atoms with Crippen LogP contribution in [-0.2, 0) is 19.1 Å². The molecule has 1 saturated carbocycles. The molecule has 1 heterocycles. The van der Waals surface area contributed by atoms with E-state index in [2.05, 4.69) is 10.1 Å². The molecule has 2 rings (SSSR count). The lowest BCUT2D eigenvalue weighted by Crippen LogP contribution is -2.71. The summed E-state index contributed by atoms with van der Waals surface area (Å²) in [7, 11) is 0.963. The number of hydrogen-bond donors (Lipinski definition) is 2. The van der Waals surface area contributed by atoms with Crippen molar-refractivity contribution in [3.8, 4) is 0 Å². The number of imide groups is 1. The highest BCUT2D eigenvalue weighted by atomic mass is 19.1. The Bertz CT molecular complexity index is 424. The monoisotopic (exact) mass is 288 g/mol. The molecule has 112 valence electrons. The van der Waals surface area contributed by atoms with Gasteiger partial charge in [-0.1, -0.05) is 19.3 Å². The second-order valence-electron chi connectivity index (χ2n) is 4.91. The summed E-state index contributed by atoms with van der Waals surface area (Å²) in [6.07, 6.45) is 2.36. The molecule has 20 heavy (non-hydrogen) atoms. The SMILES string of the molecule is COC(=O)C1(F)C(=O)NC(=O)NC1OC1CCCCC1. The number of urea groups is 1. The number of halogens is 1. The van der Waals surface area contributed by atoms with E-state index in [1.54, 1.807) is 5.32 Å². The molecule has 0 aromatic rings. The number of ether oxygens (including phenoxy) is 2. The van der Waals surface area contributed by atoms with E-state index in [9.17, 15) is 18.8 Å². The maximum absolute atomic E-state index is 14.7. The van der Waals surface area contributed by atoms with E-state index >= 15 is 0 Å². The van der Waals surface area contributed by atoms with Crippen LogP contribution >= 0.6 is 0 Å². The number of rotatable bonds is 3. The van der Waals surface area contributed by atoms with Gasteiger partial charge in [0.25, 0.3) is 5.91 Å². The minimum Gasteiger partial charge on any atom is -0.466 e. The predicted molar refractivity (Wildman–Crippen MR) is 64.3 cm³/mol. The zero-order valence-electron chi connectivity index (χ0n) is 11.1. The van der Waals surface area contributed by atoms with Crippen molar-refractivity contribution in [1.29, 1.82) is 0 Å². The van der Waals surface area contributed by atoms with Crippen molar-refractivity contribution in [2.75, 3.05) is 7.11 Å². The predicted octanol–water partition coefficient (Wildman–Crippen LogP) is 0.382. The number of carbonyl (C=O) groups is 3. The van der Waals surface area contributed by atoms with Crippen molar-refractivity contribution in [3.63, 3.8) is 0 Å². The number of alkyl halides is 1. The van der Waals surface area contributed by atoms with Crippen molar-refractivity contribution in [2.45, 2.75) is 50.1 Å². The van der Waals surface area contributed by atoms with Gasteiger partial charge in [0.15, 0.2) is 6.23 Å². The van der Waals surface area contributed by atoms with Gasteiger partial charge in [-0.2, -0.15) is 0 Å². The van der Waals surface area contributed by atoms with Gasteiger partial charge in [-0.05, 0) is 12.8 Å². The molecule has 7 nitrogen and oxygen atoms in total. The van der Waals surface area contributed by atoms with Crippen molar-refractivity contribution in [2.24, 2.45) is 0 Å². The van der Waals surface area contributed by atoms with Crippen molar-refractivity contribution in [1.82, 2.24) is 10.6 Å². The van der Waals surface area contributed by atoms with Crippen LogP contribution in [0.2, 0.25) is 0 Å². The Hall–Kier alpha value is -1.70. The molecule has 2 N–H and O–H groups in total. The Morgan fingerprint density at radius 1 is 1.30 bits per heavy atom. The second kappa shape index (κ2) is 5.74. The van der Waals surface area contributed by atoms with Crippen LogP contribution in [0.15, 0.2) is 0 Å². The van der Waals surface area contributed by atoms with Crippen LogP contribution in [0.5, 0.6) is 0 Å². The van der Waals surface area contributed by atoms with Gasteiger partial charge in [0.1, 0.15) is 0 Å².